The van der Waals surface area contributed by atoms with Crippen LogP contribution in [-0.4, -0.2) is 47.1 Å². The van der Waals surface area contributed by atoms with Crippen LogP contribution in [0.25, 0.3) is 0 Å². The van der Waals surface area contributed by atoms with E-state index in [-0.39, 0.29) is 19.0 Å². The smallest absolute Gasteiger partial charge is 0.290 e. The average Bonchev–Trinajstić information content (AvgIpc) is 3.07. The molecule has 6 nitrogen and oxygen atoms in total. The molecule has 0 spiro atoms. The van der Waals surface area contributed by atoms with Crippen molar-refractivity contribution in [2.24, 2.45) is 0 Å². The number of carbonyl (C=O) groups is 2. The molecule has 0 bridgehead atoms. The van der Waals surface area contributed by atoms with Crippen molar-refractivity contribution in [2.75, 3.05) is 19.6 Å². The van der Waals surface area contributed by atoms with Gasteiger partial charge in [-0.25, -0.2) is 0 Å². The van der Waals surface area contributed by atoms with Gasteiger partial charge in [-0.05, 0) is 50.0 Å². The molecular formula is C17H26N2O4. The van der Waals surface area contributed by atoms with Gasteiger partial charge in [-0.1, -0.05) is 24.3 Å². The van der Waals surface area contributed by atoms with E-state index in [1.54, 1.807) is 0 Å². The van der Waals surface area contributed by atoms with Crippen molar-refractivity contribution >= 4 is 12.4 Å². The van der Waals surface area contributed by atoms with Gasteiger partial charge in [-0.3, -0.25) is 9.59 Å². The fourth-order valence-electron chi connectivity index (χ4n) is 2.60. The summed E-state index contributed by atoms with van der Waals surface area (Å²) in [6.07, 6.45) is 4.12. The van der Waals surface area contributed by atoms with Crippen LogP contribution in [0.15, 0.2) is 24.3 Å². The van der Waals surface area contributed by atoms with Gasteiger partial charge in [0.05, 0.1) is 6.61 Å². The summed E-state index contributed by atoms with van der Waals surface area (Å²) >= 11 is 0. The first-order chi connectivity index (χ1) is 11.2. The lowest BCUT2D eigenvalue weighted by atomic mass is 10.1. The highest BCUT2D eigenvalue weighted by atomic mass is 16.3. The Morgan fingerprint density at radius 2 is 1.91 bits per heavy atom. The summed E-state index contributed by atoms with van der Waals surface area (Å²) < 4.78 is 0. The zero-order chi connectivity index (χ0) is 16.9. The Labute approximate surface area is 137 Å². The first-order valence-corrected chi connectivity index (χ1v) is 7.95. The van der Waals surface area contributed by atoms with E-state index >= 15 is 0 Å². The van der Waals surface area contributed by atoms with E-state index in [9.17, 15) is 4.79 Å². The number of aliphatic hydroxyl groups excluding tert-OH is 1. The molecule has 1 aromatic carbocycles. The highest BCUT2D eigenvalue weighted by Crippen LogP contribution is 2.08. The molecule has 1 amide bonds. The SMILES string of the molecule is O=C(CCCN1CCCC1)NCc1cccc(CO)c1.O=CO. The Bertz CT molecular complexity index is 473. The predicted molar refractivity (Wildman–Crippen MR) is 87.8 cm³/mol. The van der Waals surface area contributed by atoms with Gasteiger partial charge in [0.25, 0.3) is 6.47 Å². The second kappa shape index (κ2) is 11.6. The van der Waals surface area contributed by atoms with E-state index < -0.39 is 0 Å². The van der Waals surface area contributed by atoms with Crippen LogP contribution in [0.2, 0.25) is 0 Å². The van der Waals surface area contributed by atoms with E-state index in [1.807, 2.05) is 24.3 Å². The summed E-state index contributed by atoms with van der Waals surface area (Å²) in [5.41, 5.74) is 1.91. The van der Waals surface area contributed by atoms with Gasteiger partial charge in [0.15, 0.2) is 0 Å². The van der Waals surface area contributed by atoms with Gasteiger partial charge in [0.2, 0.25) is 5.91 Å². The number of aliphatic hydroxyl groups is 1. The summed E-state index contributed by atoms with van der Waals surface area (Å²) in [6.45, 7) is 3.74. The Hall–Kier alpha value is -1.92. The number of carboxylic acid groups (broad SMARTS) is 1. The molecule has 1 aliphatic rings. The molecule has 0 atom stereocenters. The van der Waals surface area contributed by atoms with Crippen molar-refractivity contribution in [1.29, 1.82) is 0 Å². The van der Waals surface area contributed by atoms with Crippen LogP contribution >= 0.6 is 0 Å². The summed E-state index contributed by atoms with van der Waals surface area (Å²) in [4.78, 5) is 22.6. The van der Waals surface area contributed by atoms with E-state index in [0.717, 1.165) is 24.1 Å². The molecule has 1 aliphatic heterocycles. The number of hydrogen-bond donors (Lipinski definition) is 3. The zero-order valence-corrected chi connectivity index (χ0v) is 13.4. The topological polar surface area (TPSA) is 89.9 Å². The molecular weight excluding hydrogens is 296 g/mol. The lowest BCUT2D eigenvalue weighted by molar-refractivity contribution is -0.123. The number of nitrogens with zero attached hydrogens (tertiary/aromatic N) is 1. The molecule has 1 saturated heterocycles. The maximum Gasteiger partial charge on any atom is 0.290 e. The van der Waals surface area contributed by atoms with E-state index in [0.29, 0.717) is 13.0 Å². The Morgan fingerprint density at radius 3 is 2.57 bits per heavy atom. The monoisotopic (exact) mass is 322 g/mol. The summed E-state index contributed by atoms with van der Waals surface area (Å²) in [6, 6.07) is 7.66. The summed E-state index contributed by atoms with van der Waals surface area (Å²) in [7, 11) is 0. The highest BCUT2D eigenvalue weighted by molar-refractivity contribution is 5.75. The van der Waals surface area contributed by atoms with Crippen LogP contribution in [0.1, 0.15) is 36.8 Å². The maximum absolute atomic E-state index is 11.8. The van der Waals surface area contributed by atoms with E-state index in [4.69, 9.17) is 15.0 Å². The largest absolute Gasteiger partial charge is 0.483 e. The van der Waals surface area contributed by atoms with Gasteiger partial charge in [-0.2, -0.15) is 0 Å². The molecule has 6 heteroatoms. The third-order valence-corrected chi connectivity index (χ3v) is 3.74. The third kappa shape index (κ3) is 8.32. The van der Waals surface area contributed by atoms with Crippen molar-refractivity contribution in [3.63, 3.8) is 0 Å². The van der Waals surface area contributed by atoms with Crippen LogP contribution in [0.3, 0.4) is 0 Å². The highest BCUT2D eigenvalue weighted by Gasteiger charge is 2.11. The van der Waals surface area contributed by atoms with Crippen molar-refractivity contribution in [3.8, 4) is 0 Å². The van der Waals surface area contributed by atoms with Crippen LogP contribution < -0.4 is 5.32 Å². The first-order valence-electron chi connectivity index (χ1n) is 7.95. The number of benzene rings is 1. The van der Waals surface area contributed by atoms with Crippen LogP contribution in [0.5, 0.6) is 0 Å². The number of nitrogens with one attached hydrogen (secondary N) is 1. The second-order valence-corrected chi connectivity index (χ2v) is 5.51. The fraction of sp³-hybridized carbons (Fsp3) is 0.529. The number of carbonyl (C=O) groups excluding carboxylic acids is 1. The Morgan fingerprint density at radius 1 is 1.26 bits per heavy atom. The fourth-order valence-corrected chi connectivity index (χ4v) is 2.60. The lowest BCUT2D eigenvalue weighted by Gasteiger charge is -2.13. The first kappa shape index (κ1) is 19.1. The zero-order valence-electron chi connectivity index (χ0n) is 13.4. The number of hydrogen-bond acceptors (Lipinski definition) is 4. The second-order valence-electron chi connectivity index (χ2n) is 5.51. The molecule has 0 radical (unpaired) electrons. The van der Waals surface area contributed by atoms with Crippen molar-refractivity contribution < 1.29 is 19.8 Å². The number of rotatable bonds is 7. The molecule has 1 aromatic rings. The molecule has 23 heavy (non-hydrogen) atoms. The number of likely N-dealkylation sites (tertiary alicyclic amines) is 1. The molecule has 1 fully saturated rings. The molecule has 0 unspecified atom stereocenters. The van der Waals surface area contributed by atoms with Crippen molar-refractivity contribution in [3.05, 3.63) is 35.4 Å². The van der Waals surface area contributed by atoms with Gasteiger partial charge < -0.3 is 20.4 Å². The van der Waals surface area contributed by atoms with Crippen molar-refractivity contribution in [1.82, 2.24) is 10.2 Å². The minimum Gasteiger partial charge on any atom is -0.483 e. The van der Waals surface area contributed by atoms with Gasteiger partial charge in [-0.15, -0.1) is 0 Å². The van der Waals surface area contributed by atoms with Gasteiger partial charge in [0.1, 0.15) is 0 Å². The standard InChI is InChI=1S/C16H24N2O2.CH2O2/c19-13-15-6-3-5-14(11-15)12-17-16(20)7-4-10-18-8-1-2-9-18;2-1-3/h3,5-6,11,19H,1-2,4,7-10,12-13H2,(H,17,20);1H,(H,2,3). The molecule has 2 rings (SSSR count). The van der Waals surface area contributed by atoms with Gasteiger partial charge >= 0.3 is 0 Å². The lowest BCUT2D eigenvalue weighted by Crippen LogP contribution is -2.25. The third-order valence-electron chi connectivity index (χ3n) is 3.74. The Kier molecular flexibility index (Phi) is 9.66. The molecule has 0 aliphatic carbocycles. The van der Waals surface area contributed by atoms with Crippen LogP contribution in [-0.2, 0) is 22.7 Å². The maximum atomic E-state index is 11.8. The molecule has 128 valence electrons. The quantitative estimate of drug-likeness (QED) is 0.660. The predicted octanol–water partition coefficient (Wildman–Crippen LogP) is 1.37. The minimum absolute atomic E-state index is 0.0393. The molecule has 3 N–H and O–H groups in total. The molecule has 1 heterocycles. The number of amides is 1. The normalized spacial score (nSPS) is 14.0. The van der Waals surface area contributed by atoms with Gasteiger partial charge in [0, 0.05) is 13.0 Å². The molecule has 0 saturated carbocycles. The van der Waals surface area contributed by atoms with Crippen LogP contribution in [0, 0.1) is 0 Å². The Balaban J connectivity index is 0.000000816. The summed E-state index contributed by atoms with van der Waals surface area (Å²) in [5.74, 6) is 0.110. The molecule has 0 aromatic heterocycles. The minimum atomic E-state index is -0.250. The average molecular weight is 322 g/mol. The van der Waals surface area contributed by atoms with E-state index in [1.165, 1.54) is 25.9 Å². The van der Waals surface area contributed by atoms with E-state index in [2.05, 4.69) is 10.2 Å². The summed E-state index contributed by atoms with van der Waals surface area (Å²) in [5, 5.41) is 18.9. The van der Waals surface area contributed by atoms with Crippen molar-refractivity contribution in [2.45, 2.75) is 38.8 Å². The van der Waals surface area contributed by atoms with Crippen LogP contribution in [0.4, 0.5) is 0 Å².